The SMILES string of the molecule is CC=CC(=O)OCCC1OC1(C)c1ccccc1. The maximum atomic E-state index is 11.1. The van der Waals surface area contributed by atoms with Gasteiger partial charge in [0.05, 0.1) is 12.7 Å². The molecule has 0 aliphatic carbocycles. The number of esters is 1. The Hall–Kier alpha value is -1.61. The summed E-state index contributed by atoms with van der Waals surface area (Å²) in [5.41, 5.74) is 0.962. The van der Waals surface area contributed by atoms with Crippen LogP contribution in [0.5, 0.6) is 0 Å². The van der Waals surface area contributed by atoms with Gasteiger partial charge in [0.15, 0.2) is 0 Å². The highest BCUT2D eigenvalue weighted by atomic mass is 16.6. The van der Waals surface area contributed by atoms with E-state index in [1.54, 1.807) is 13.0 Å². The Kier molecular flexibility index (Phi) is 3.82. The number of hydrogen-bond donors (Lipinski definition) is 0. The highest BCUT2D eigenvalue weighted by Crippen LogP contribution is 2.47. The first kappa shape index (κ1) is 12.8. The zero-order chi connectivity index (χ0) is 13.0. The van der Waals surface area contributed by atoms with Gasteiger partial charge < -0.3 is 9.47 Å². The second-order valence-corrected chi connectivity index (χ2v) is 4.54. The zero-order valence-corrected chi connectivity index (χ0v) is 10.8. The smallest absolute Gasteiger partial charge is 0.330 e. The molecule has 2 rings (SSSR count). The number of ether oxygens (including phenoxy) is 2. The van der Waals surface area contributed by atoms with Crippen LogP contribution < -0.4 is 0 Å². The third kappa shape index (κ3) is 2.79. The Balaban J connectivity index is 1.79. The molecule has 0 spiro atoms. The van der Waals surface area contributed by atoms with Crippen molar-refractivity contribution in [1.82, 2.24) is 0 Å². The van der Waals surface area contributed by atoms with E-state index >= 15 is 0 Å². The van der Waals surface area contributed by atoms with Crippen LogP contribution in [0.1, 0.15) is 25.8 Å². The largest absolute Gasteiger partial charge is 0.462 e. The van der Waals surface area contributed by atoms with Crippen LogP contribution in [0.2, 0.25) is 0 Å². The highest BCUT2D eigenvalue weighted by Gasteiger charge is 2.52. The van der Waals surface area contributed by atoms with Gasteiger partial charge in [0.1, 0.15) is 5.60 Å². The van der Waals surface area contributed by atoms with E-state index in [0.717, 1.165) is 6.42 Å². The number of carbonyl (C=O) groups excluding carboxylic acids is 1. The Morgan fingerprint density at radius 3 is 2.83 bits per heavy atom. The van der Waals surface area contributed by atoms with Gasteiger partial charge >= 0.3 is 5.97 Å². The molecule has 0 amide bonds. The van der Waals surface area contributed by atoms with Crippen LogP contribution in [0.3, 0.4) is 0 Å². The molecule has 0 N–H and O–H groups in total. The summed E-state index contributed by atoms with van der Waals surface area (Å²) in [6.07, 6.45) is 3.96. The van der Waals surface area contributed by atoms with E-state index < -0.39 is 0 Å². The third-order valence-electron chi connectivity index (χ3n) is 3.22. The van der Waals surface area contributed by atoms with Gasteiger partial charge in [-0.1, -0.05) is 36.4 Å². The summed E-state index contributed by atoms with van der Waals surface area (Å²) in [5.74, 6) is -0.292. The van der Waals surface area contributed by atoms with Crippen molar-refractivity contribution in [1.29, 1.82) is 0 Å². The zero-order valence-electron chi connectivity index (χ0n) is 10.8. The average molecular weight is 246 g/mol. The molecule has 2 unspecified atom stereocenters. The van der Waals surface area contributed by atoms with Gasteiger partial charge in [-0.2, -0.15) is 0 Å². The molecule has 1 fully saturated rings. The van der Waals surface area contributed by atoms with Crippen molar-refractivity contribution in [3.05, 3.63) is 48.0 Å². The summed E-state index contributed by atoms with van der Waals surface area (Å²) in [6, 6.07) is 10.1. The minimum Gasteiger partial charge on any atom is -0.462 e. The summed E-state index contributed by atoms with van der Waals surface area (Å²) >= 11 is 0. The van der Waals surface area contributed by atoms with Crippen LogP contribution in [0, 0.1) is 0 Å². The van der Waals surface area contributed by atoms with Crippen molar-refractivity contribution < 1.29 is 14.3 Å². The summed E-state index contributed by atoms with van der Waals surface area (Å²) in [4.78, 5) is 11.1. The number of hydrogen-bond acceptors (Lipinski definition) is 3. The molecule has 3 nitrogen and oxygen atoms in total. The molecule has 1 aromatic carbocycles. The predicted octanol–water partition coefficient (Wildman–Crippen LogP) is 2.81. The molecule has 1 aliphatic rings. The minimum absolute atomic E-state index is 0.137. The van der Waals surface area contributed by atoms with E-state index in [1.807, 2.05) is 18.2 Å². The summed E-state index contributed by atoms with van der Waals surface area (Å²) in [7, 11) is 0. The molecular formula is C15H18O3. The van der Waals surface area contributed by atoms with Crippen LogP contribution >= 0.6 is 0 Å². The lowest BCUT2D eigenvalue weighted by atomic mass is 9.96. The Morgan fingerprint density at radius 2 is 2.17 bits per heavy atom. The topological polar surface area (TPSA) is 38.8 Å². The number of allylic oxidation sites excluding steroid dienone is 1. The van der Waals surface area contributed by atoms with Gasteiger partial charge in [0.2, 0.25) is 0 Å². The summed E-state index contributed by atoms with van der Waals surface area (Å²) < 4.78 is 10.8. The fourth-order valence-electron chi connectivity index (χ4n) is 2.07. The molecule has 2 atom stereocenters. The van der Waals surface area contributed by atoms with Crippen molar-refractivity contribution in [2.75, 3.05) is 6.61 Å². The van der Waals surface area contributed by atoms with E-state index in [9.17, 15) is 4.79 Å². The monoisotopic (exact) mass is 246 g/mol. The van der Waals surface area contributed by atoms with E-state index in [0.29, 0.717) is 6.61 Å². The van der Waals surface area contributed by atoms with Crippen molar-refractivity contribution >= 4 is 5.97 Å². The lowest BCUT2D eigenvalue weighted by Crippen LogP contribution is -2.11. The quantitative estimate of drug-likeness (QED) is 0.455. The molecule has 18 heavy (non-hydrogen) atoms. The standard InChI is InChI=1S/C15H18O3/c1-3-7-14(16)17-11-10-13-15(2,18-13)12-8-5-4-6-9-12/h3-9,13H,10-11H2,1-2H3. The highest BCUT2D eigenvalue weighted by molar-refractivity contribution is 5.81. The molecule has 96 valence electrons. The molecule has 1 aliphatic heterocycles. The molecule has 1 saturated heterocycles. The second kappa shape index (κ2) is 5.36. The van der Waals surface area contributed by atoms with Crippen molar-refractivity contribution in [3.8, 4) is 0 Å². The number of epoxide rings is 1. The molecule has 1 aromatic rings. The van der Waals surface area contributed by atoms with Crippen LogP contribution in [-0.4, -0.2) is 18.7 Å². The number of benzene rings is 1. The molecule has 0 radical (unpaired) electrons. The van der Waals surface area contributed by atoms with E-state index in [1.165, 1.54) is 11.6 Å². The van der Waals surface area contributed by atoms with Crippen LogP contribution in [-0.2, 0) is 19.9 Å². The first-order chi connectivity index (χ1) is 8.66. The van der Waals surface area contributed by atoms with Gasteiger partial charge in [-0.05, 0) is 19.4 Å². The van der Waals surface area contributed by atoms with Crippen molar-refractivity contribution in [2.24, 2.45) is 0 Å². The molecule has 3 heteroatoms. The lowest BCUT2D eigenvalue weighted by molar-refractivity contribution is -0.137. The lowest BCUT2D eigenvalue weighted by Gasteiger charge is -2.06. The van der Waals surface area contributed by atoms with Crippen LogP contribution in [0.25, 0.3) is 0 Å². The van der Waals surface area contributed by atoms with E-state index in [2.05, 4.69) is 19.1 Å². The fraction of sp³-hybridized carbons (Fsp3) is 0.400. The minimum atomic E-state index is -0.292. The molecule has 0 saturated carbocycles. The Labute approximate surface area is 107 Å². The van der Waals surface area contributed by atoms with E-state index in [-0.39, 0.29) is 17.7 Å². The Bertz CT molecular complexity index is 438. The number of rotatable bonds is 5. The molecule has 1 heterocycles. The second-order valence-electron chi connectivity index (χ2n) is 4.54. The van der Waals surface area contributed by atoms with E-state index in [4.69, 9.17) is 9.47 Å². The van der Waals surface area contributed by atoms with Gasteiger partial charge in [0.25, 0.3) is 0 Å². The average Bonchev–Trinajstić information content (AvgIpc) is 3.03. The predicted molar refractivity (Wildman–Crippen MR) is 69.1 cm³/mol. The van der Waals surface area contributed by atoms with Gasteiger partial charge in [-0.3, -0.25) is 0 Å². The molecule has 0 bridgehead atoms. The maximum Gasteiger partial charge on any atom is 0.330 e. The molecular weight excluding hydrogens is 228 g/mol. The molecule has 0 aromatic heterocycles. The fourth-order valence-corrected chi connectivity index (χ4v) is 2.07. The van der Waals surface area contributed by atoms with Crippen molar-refractivity contribution in [2.45, 2.75) is 32.0 Å². The van der Waals surface area contributed by atoms with Crippen LogP contribution in [0.15, 0.2) is 42.5 Å². The van der Waals surface area contributed by atoms with Crippen LogP contribution in [0.4, 0.5) is 0 Å². The first-order valence-corrected chi connectivity index (χ1v) is 6.19. The normalized spacial score (nSPS) is 26.2. The Morgan fingerprint density at radius 1 is 1.44 bits per heavy atom. The van der Waals surface area contributed by atoms with Gasteiger partial charge in [-0.25, -0.2) is 4.79 Å². The third-order valence-corrected chi connectivity index (χ3v) is 3.22. The first-order valence-electron chi connectivity index (χ1n) is 6.19. The van der Waals surface area contributed by atoms with Gasteiger partial charge in [0, 0.05) is 12.5 Å². The maximum absolute atomic E-state index is 11.1. The van der Waals surface area contributed by atoms with Gasteiger partial charge in [-0.15, -0.1) is 0 Å². The summed E-state index contributed by atoms with van der Waals surface area (Å²) in [6.45, 7) is 4.26. The number of carbonyl (C=O) groups is 1. The summed E-state index contributed by atoms with van der Waals surface area (Å²) in [5, 5.41) is 0. The van der Waals surface area contributed by atoms with Crippen molar-refractivity contribution in [3.63, 3.8) is 0 Å².